The van der Waals surface area contributed by atoms with Gasteiger partial charge in [-0.05, 0) is 18.6 Å². The summed E-state index contributed by atoms with van der Waals surface area (Å²) in [6.07, 6.45) is 2.68. The molecule has 1 rings (SSSR count). The molecule has 0 amide bonds. The lowest BCUT2D eigenvalue weighted by atomic mass is 10.0. The molecule has 0 fully saturated rings. The van der Waals surface area contributed by atoms with Crippen LogP contribution in [0.25, 0.3) is 0 Å². The monoisotopic (exact) mass is 285 g/mol. The fourth-order valence-electron chi connectivity index (χ4n) is 1.45. The standard InChI is InChI=1S/C11H14Cl2FN.ClH/c1-2-3-4-9(15)10-7(12)5-6-8(13)11(10)14;/h5-6,9H,2-4,15H2,1H3;1H/t9-;/m0./s1. The maximum atomic E-state index is 13.6. The highest BCUT2D eigenvalue weighted by Gasteiger charge is 2.17. The van der Waals surface area contributed by atoms with Crippen molar-refractivity contribution in [1.82, 2.24) is 0 Å². The molecule has 16 heavy (non-hydrogen) atoms. The van der Waals surface area contributed by atoms with Crippen molar-refractivity contribution in [3.05, 3.63) is 33.6 Å². The lowest BCUT2D eigenvalue weighted by Gasteiger charge is -2.14. The lowest BCUT2D eigenvalue weighted by molar-refractivity contribution is 0.548. The van der Waals surface area contributed by atoms with Crippen LogP contribution in [0.3, 0.4) is 0 Å². The molecule has 1 aromatic carbocycles. The van der Waals surface area contributed by atoms with Gasteiger partial charge in [0.05, 0.1) is 5.02 Å². The van der Waals surface area contributed by atoms with Gasteiger partial charge in [0.1, 0.15) is 5.82 Å². The Hall–Kier alpha value is -0.0200. The highest BCUT2D eigenvalue weighted by atomic mass is 35.5. The van der Waals surface area contributed by atoms with Crippen LogP contribution in [0, 0.1) is 5.82 Å². The highest BCUT2D eigenvalue weighted by molar-refractivity contribution is 6.33. The number of hydrogen-bond acceptors (Lipinski definition) is 1. The average Bonchev–Trinajstić information content (AvgIpc) is 2.21. The van der Waals surface area contributed by atoms with E-state index in [4.69, 9.17) is 28.9 Å². The van der Waals surface area contributed by atoms with Gasteiger partial charge in [0.15, 0.2) is 0 Å². The van der Waals surface area contributed by atoms with E-state index in [2.05, 4.69) is 6.92 Å². The Labute approximate surface area is 112 Å². The topological polar surface area (TPSA) is 26.0 Å². The average molecular weight is 287 g/mol. The Bertz CT molecular complexity index is 344. The zero-order chi connectivity index (χ0) is 11.4. The van der Waals surface area contributed by atoms with Crippen molar-refractivity contribution >= 4 is 35.6 Å². The summed E-state index contributed by atoms with van der Waals surface area (Å²) >= 11 is 11.6. The number of halogens is 4. The Morgan fingerprint density at radius 1 is 1.31 bits per heavy atom. The van der Waals surface area contributed by atoms with Crippen molar-refractivity contribution in [2.24, 2.45) is 5.73 Å². The first-order valence-corrected chi connectivity index (χ1v) is 5.72. The van der Waals surface area contributed by atoms with Gasteiger partial charge in [-0.3, -0.25) is 0 Å². The maximum Gasteiger partial charge on any atom is 0.148 e. The predicted molar refractivity (Wildman–Crippen MR) is 70.1 cm³/mol. The number of nitrogens with two attached hydrogens (primary N) is 1. The second-order valence-electron chi connectivity index (χ2n) is 3.51. The number of rotatable bonds is 4. The largest absolute Gasteiger partial charge is 0.324 e. The van der Waals surface area contributed by atoms with Gasteiger partial charge >= 0.3 is 0 Å². The quantitative estimate of drug-likeness (QED) is 0.795. The molecule has 0 aliphatic heterocycles. The van der Waals surface area contributed by atoms with Crippen molar-refractivity contribution in [3.8, 4) is 0 Å². The van der Waals surface area contributed by atoms with Crippen molar-refractivity contribution in [2.45, 2.75) is 32.2 Å². The summed E-state index contributed by atoms with van der Waals surface area (Å²) < 4.78 is 13.6. The molecule has 0 aromatic heterocycles. The minimum absolute atomic E-state index is 0. The summed E-state index contributed by atoms with van der Waals surface area (Å²) in [5.41, 5.74) is 6.20. The summed E-state index contributed by atoms with van der Waals surface area (Å²) in [6, 6.07) is 2.64. The van der Waals surface area contributed by atoms with E-state index in [1.165, 1.54) is 6.07 Å². The normalized spacial score (nSPS) is 12.1. The molecule has 0 saturated carbocycles. The number of benzene rings is 1. The molecule has 0 heterocycles. The van der Waals surface area contributed by atoms with E-state index < -0.39 is 5.82 Å². The zero-order valence-electron chi connectivity index (χ0n) is 8.97. The summed E-state index contributed by atoms with van der Waals surface area (Å²) in [4.78, 5) is 0. The van der Waals surface area contributed by atoms with Crippen LogP contribution >= 0.6 is 35.6 Å². The first kappa shape index (κ1) is 16.0. The Morgan fingerprint density at radius 2 is 1.88 bits per heavy atom. The summed E-state index contributed by atoms with van der Waals surface area (Å²) in [7, 11) is 0. The third kappa shape index (κ3) is 3.77. The van der Waals surface area contributed by atoms with Gasteiger partial charge in [-0.15, -0.1) is 12.4 Å². The molecule has 0 bridgehead atoms. The van der Waals surface area contributed by atoms with Crippen molar-refractivity contribution in [2.75, 3.05) is 0 Å². The van der Waals surface area contributed by atoms with E-state index in [1.54, 1.807) is 6.07 Å². The molecule has 1 atom stereocenters. The summed E-state index contributed by atoms with van der Waals surface area (Å²) in [5.74, 6) is -0.493. The van der Waals surface area contributed by atoms with Crippen LogP contribution in [-0.4, -0.2) is 0 Å². The molecule has 0 saturated heterocycles. The smallest absolute Gasteiger partial charge is 0.148 e. The second-order valence-corrected chi connectivity index (χ2v) is 4.32. The van der Waals surface area contributed by atoms with Crippen LogP contribution in [0.4, 0.5) is 4.39 Å². The molecule has 0 aliphatic carbocycles. The lowest BCUT2D eigenvalue weighted by Crippen LogP contribution is -2.13. The third-order valence-electron chi connectivity index (χ3n) is 2.32. The van der Waals surface area contributed by atoms with Gasteiger partial charge in [-0.1, -0.05) is 43.0 Å². The van der Waals surface area contributed by atoms with Crippen molar-refractivity contribution < 1.29 is 4.39 Å². The Balaban J connectivity index is 0.00000225. The molecular weight excluding hydrogens is 271 g/mol. The van der Waals surface area contributed by atoms with Crippen molar-refractivity contribution in [1.29, 1.82) is 0 Å². The molecule has 2 N–H and O–H groups in total. The zero-order valence-corrected chi connectivity index (χ0v) is 11.3. The minimum atomic E-state index is -0.493. The predicted octanol–water partition coefficient (Wildman–Crippen LogP) is 4.74. The number of unbranched alkanes of at least 4 members (excludes halogenated alkanes) is 1. The van der Waals surface area contributed by atoms with Crippen LogP contribution < -0.4 is 5.73 Å². The number of hydrogen-bond donors (Lipinski definition) is 1. The fraction of sp³-hybridized carbons (Fsp3) is 0.455. The van der Waals surface area contributed by atoms with Crippen LogP contribution in [0.2, 0.25) is 10.0 Å². The molecular formula is C11H15Cl3FN. The van der Waals surface area contributed by atoms with Gasteiger partial charge in [0, 0.05) is 16.6 Å². The first-order chi connectivity index (χ1) is 7.07. The molecule has 1 nitrogen and oxygen atoms in total. The fourth-order valence-corrected chi connectivity index (χ4v) is 1.90. The summed E-state index contributed by atoms with van der Waals surface area (Å²) in [5, 5.41) is 0.418. The first-order valence-electron chi connectivity index (χ1n) is 4.96. The highest BCUT2D eigenvalue weighted by Crippen LogP contribution is 2.31. The molecule has 1 aromatic rings. The summed E-state index contributed by atoms with van der Waals surface area (Å²) in [6.45, 7) is 2.06. The Kier molecular flexibility index (Phi) is 7.32. The SMILES string of the molecule is CCCC[C@H](N)c1c(Cl)ccc(Cl)c1F.Cl. The molecule has 0 aliphatic rings. The van der Waals surface area contributed by atoms with Crippen LogP contribution in [0.15, 0.2) is 12.1 Å². The van der Waals surface area contributed by atoms with Gasteiger partial charge in [-0.25, -0.2) is 4.39 Å². The van der Waals surface area contributed by atoms with E-state index >= 15 is 0 Å². The minimum Gasteiger partial charge on any atom is -0.324 e. The molecule has 0 unspecified atom stereocenters. The second kappa shape index (κ2) is 7.33. The maximum absolute atomic E-state index is 13.6. The van der Waals surface area contributed by atoms with Gasteiger partial charge in [0.25, 0.3) is 0 Å². The van der Waals surface area contributed by atoms with Crippen LogP contribution in [0.1, 0.15) is 37.8 Å². The van der Waals surface area contributed by atoms with Crippen LogP contribution in [0.5, 0.6) is 0 Å². The van der Waals surface area contributed by atoms with E-state index in [0.717, 1.165) is 12.8 Å². The van der Waals surface area contributed by atoms with E-state index in [0.29, 0.717) is 17.0 Å². The van der Waals surface area contributed by atoms with E-state index in [-0.39, 0.29) is 23.5 Å². The Morgan fingerprint density at radius 3 is 2.44 bits per heavy atom. The van der Waals surface area contributed by atoms with Gasteiger partial charge in [0.2, 0.25) is 0 Å². The van der Waals surface area contributed by atoms with Crippen molar-refractivity contribution in [3.63, 3.8) is 0 Å². The van der Waals surface area contributed by atoms with Crippen LogP contribution in [-0.2, 0) is 0 Å². The molecule has 5 heteroatoms. The molecule has 0 radical (unpaired) electrons. The van der Waals surface area contributed by atoms with E-state index in [9.17, 15) is 4.39 Å². The molecule has 92 valence electrons. The van der Waals surface area contributed by atoms with Gasteiger partial charge in [-0.2, -0.15) is 0 Å². The van der Waals surface area contributed by atoms with Gasteiger partial charge < -0.3 is 5.73 Å². The molecule has 0 spiro atoms. The van der Waals surface area contributed by atoms with E-state index in [1.807, 2.05) is 0 Å². The third-order valence-corrected chi connectivity index (χ3v) is 2.94.